The van der Waals surface area contributed by atoms with Gasteiger partial charge in [0.25, 0.3) is 5.91 Å². The van der Waals surface area contributed by atoms with Crippen molar-refractivity contribution < 1.29 is 22.7 Å². The summed E-state index contributed by atoms with van der Waals surface area (Å²) in [5.74, 6) is 1.13. The lowest BCUT2D eigenvalue weighted by atomic mass is 9.92. The normalized spacial score (nSPS) is 23.4. The molecule has 1 amide bonds. The van der Waals surface area contributed by atoms with Crippen LogP contribution >= 0.6 is 12.4 Å². The topological polar surface area (TPSA) is 41.6 Å². The van der Waals surface area contributed by atoms with Crippen LogP contribution in [0.25, 0.3) is 0 Å². The summed E-state index contributed by atoms with van der Waals surface area (Å²) in [5, 5.41) is 3.38. The summed E-state index contributed by atoms with van der Waals surface area (Å²) in [6.45, 7) is 3.16. The largest absolute Gasteiger partial charge is 0.484 e. The molecule has 0 spiro atoms. The van der Waals surface area contributed by atoms with Gasteiger partial charge in [-0.3, -0.25) is 4.79 Å². The Kier molecular flexibility index (Phi) is 6.57. The number of nitrogens with zero attached hydrogens (tertiary/aromatic N) is 1. The minimum atomic E-state index is -4.42. The maximum atomic E-state index is 12.7. The zero-order chi connectivity index (χ0) is 17.2. The Balaban J connectivity index is 0.00000225. The van der Waals surface area contributed by atoms with Crippen LogP contribution in [0.5, 0.6) is 5.75 Å². The molecule has 140 valence electrons. The molecule has 2 heterocycles. The fourth-order valence-electron chi connectivity index (χ4n) is 3.47. The molecule has 1 aromatic carbocycles. The SMILES string of the molecule is Cl.O=C(COc1cccc(C(F)(F)F)c1)N1CC[C@@H]2CNC[C@@H]2CC1. The highest BCUT2D eigenvalue weighted by molar-refractivity contribution is 5.85. The molecular formula is C17H22ClF3N2O2. The minimum absolute atomic E-state index is 0. The smallest absolute Gasteiger partial charge is 0.416 e. The van der Waals surface area contributed by atoms with E-state index < -0.39 is 11.7 Å². The predicted molar refractivity (Wildman–Crippen MR) is 89.9 cm³/mol. The average Bonchev–Trinajstić information content (AvgIpc) is 2.90. The van der Waals surface area contributed by atoms with Crippen LogP contribution < -0.4 is 10.1 Å². The number of benzene rings is 1. The van der Waals surface area contributed by atoms with Crippen molar-refractivity contribution in [3.8, 4) is 5.75 Å². The molecule has 2 saturated heterocycles. The molecule has 0 aliphatic carbocycles. The molecule has 8 heteroatoms. The predicted octanol–water partition coefficient (Wildman–Crippen LogP) is 2.96. The molecule has 25 heavy (non-hydrogen) atoms. The zero-order valence-corrected chi connectivity index (χ0v) is 14.5. The summed E-state index contributed by atoms with van der Waals surface area (Å²) in [6, 6.07) is 4.62. The highest BCUT2D eigenvalue weighted by Gasteiger charge is 2.32. The van der Waals surface area contributed by atoms with Crippen LogP contribution in [0.1, 0.15) is 18.4 Å². The van der Waals surface area contributed by atoms with E-state index in [0.29, 0.717) is 24.9 Å². The van der Waals surface area contributed by atoms with Gasteiger partial charge in [0, 0.05) is 13.1 Å². The molecule has 2 atom stereocenters. The van der Waals surface area contributed by atoms with E-state index in [2.05, 4.69) is 5.32 Å². The molecule has 2 aliphatic rings. The van der Waals surface area contributed by atoms with E-state index in [1.807, 2.05) is 0 Å². The number of alkyl halides is 3. The van der Waals surface area contributed by atoms with Crippen molar-refractivity contribution in [2.75, 3.05) is 32.8 Å². The quantitative estimate of drug-likeness (QED) is 0.879. The van der Waals surface area contributed by atoms with Crippen LogP contribution in [0, 0.1) is 11.8 Å². The number of likely N-dealkylation sites (tertiary alicyclic amines) is 1. The number of hydrogen-bond donors (Lipinski definition) is 1. The van der Waals surface area contributed by atoms with E-state index in [4.69, 9.17) is 4.74 Å². The first kappa shape index (κ1) is 19.8. The fourth-order valence-corrected chi connectivity index (χ4v) is 3.47. The molecule has 0 unspecified atom stereocenters. The second kappa shape index (κ2) is 8.27. The number of fused-ring (bicyclic) bond motifs is 1. The van der Waals surface area contributed by atoms with Crippen LogP contribution in [0.3, 0.4) is 0 Å². The molecule has 0 saturated carbocycles. The Hall–Kier alpha value is -1.47. The van der Waals surface area contributed by atoms with Crippen molar-refractivity contribution in [2.45, 2.75) is 19.0 Å². The maximum Gasteiger partial charge on any atom is 0.416 e. The molecule has 4 nitrogen and oxygen atoms in total. The minimum Gasteiger partial charge on any atom is -0.484 e. The van der Waals surface area contributed by atoms with Crippen molar-refractivity contribution in [3.63, 3.8) is 0 Å². The Bertz CT molecular complexity index is 584. The van der Waals surface area contributed by atoms with Gasteiger partial charge in [-0.15, -0.1) is 12.4 Å². The molecule has 3 rings (SSSR count). The third-order valence-corrected chi connectivity index (χ3v) is 4.90. The lowest BCUT2D eigenvalue weighted by Crippen LogP contribution is -2.36. The van der Waals surface area contributed by atoms with Gasteiger partial charge in [-0.2, -0.15) is 13.2 Å². The standard InChI is InChI=1S/C17H21F3N2O2.ClH/c18-17(19,20)14-2-1-3-15(8-14)24-11-16(23)22-6-4-12-9-21-10-13(12)5-7-22;/h1-3,8,12-13,21H,4-7,9-11H2;1H/t12-,13+;. The van der Waals surface area contributed by atoms with E-state index in [-0.39, 0.29) is 30.7 Å². The third kappa shape index (κ3) is 5.01. The summed E-state index contributed by atoms with van der Waals surface area (Å²) >= 11 is 0. The van der Waals surface area contributed by atoms with Gasteiger partial charge >= 0.3 is 6.18 Å². The fraction of sp³-hybridized carbons (Fsp3) is 0.588. The summed E-state index contributed by atoms with van der Waals surface area (Å²) in [6.07, 6.45) is -2.49. The lowest BCUT2D eigenvalue weighted by molar-refractivity contribution is -0.137. The average molecular weight is 379 g/mol. The molecule has 2 fully saturated rings. The first-order valence-electron chi connectivity index (χ1n) is 8.22. The number of hydrogen-bond acceptors (Lipinski definition) is 3. The molecule has 1 aromatic rings. The van der Waals surface area contributed by atoms with Crippen molar-refractivity contribution in [3.05, 3.63) is 29.8 Å². The van der Waals surface area contributed by atoms with Crippen molar-refractivity contribution >= 4 is 18.3 Å². The summed E-state index contributed by atoms with van der Waals surface area (Å²) < 4.78 is 43.3. The lowest BCUT2D eigenvalue weighted by Gasteiger charge is -2.21. The summed E-state index contributed by atoms with van der Waals surface area (Å²) in [7, 11) is 0. The van der Waals surface area contributed by atoms with Gasteiger partial charge in [0.2, 0.25) is 0 Å². The Morgan fingerprint density at radius 2 is 1.84 bits per heavy atom. The van der Waals surface area contributed by atoms with Crippen LogP contribution in [-0.2, 0) is 11.0 Å². The zero-order valence-electron chi connectivity index (χ0n) is 13.7. The van der Waals surface area contributed by atoms with Crippen molar-refractivity contribution in [1.82, 2.24) is 10.2 Å². The van der Waals surface area contributed by atoms with Crippen LogP contribution in [0.15, 0.2) is 24.3 Å². The first-order chi connectivity index (χ1) is 11.4. The van der Waals surface area contributed by atoms with Gasteiger partial charge in [0.1, 0.15) is 5.75 Å². The van der Waals surface area contributed by atoms with E-state index >= 15 is 0 Å². The molecule has 0 radical (unpaired) electrons. The molecule has 2 aliphatic heterocycles. The van der Waals surface area contributed by atoms with Gasteiger partial charge in [-0.05, 0) is 56.0 Å². The Labute approximate surface area is 151 Å². The van der Waals surface area contributed by atoms with Gasteiger partial charge in [-0.1, -0.05) is 6.07 Å². The number of carbonyl (C=O) groups is 1. The number of amides is 1. The molecular weight excluding hydrogens is 357 g/mol. The Morgan fingerprint density at radius 3 is 2.44 bits per heavy atom. The second-order valence-corrected chi connectivity index (χ2v) is 6.45. The number of nitrogens with one attached hydrogen (secondary N) is 1. The van der Waals surface area contributed by atoms with Crippen molar-refractivity contribution in [1.29, 1.82) is 0 Å². The number of rotatable bonds is 3. The number of ether oxygens (including phenoxy) is 1. The van der Waals surface area contributed by atoms with E-state index in [1.165, 1.54) is 12.1 Å². The monoisotopic (exact) mass is 378 g/mol. The van der Waals surface area contributed by atoms with E-state index in [0.717, 1.165) is 38.1 Å². The molecule has 0 aromatic heterocycles. The maximum absolute atomic E-state index is 12.7. The van der Waals surface area contributed by atoms with Crippen LogP contribution in [0.2, 0.25) is 0 Å². The van der Waals surface area contributed by atoms with Crippen molar-refractivity contribution in [2.24, 2.45) is 11.8 Å². The molecule has 0 bridgehead atoms. The van der Waals surface area contributed by atoms with Gasteiger partial charge in [0.05, 0.1) is 5.56 Å². The molecule has 1 N–H and O–H groups in total. The number of halogens is 4. The highest BCUT2D eigenvalue weighted by Crippen LogP contribution is 2.31. The van der Waals surface area contributed by atoms with E-state index in [1.54, 1.807) is 4.90 Å². The van der Waals surface area contributed by atoms with Gasteiger partial charge in [-0.25, -0.2) is 0 Å². The van der Waals surface area contributed by atoms with Gasteiger partial charge in [0.15, 0.2) is 6.61 Å². The summed E-state index contributed by atoms with van der Waals surface area (Å²) in [5.41, 5.74) is -0.775. The second-order valence-electron chi connectivity index (χ2n) is 6.45. The third-order valence-electron chi connectivity index (χ3n) is 4.90. The first-order valence-corrected chi connectivity index (χ1v) is 8.22. The van der Waals surface area contributed by atoms with E-state index in [9.17, 15) is 18.0 Å². The highest BCUT2D eigenvalue weighted by atomic mass is 35.5. The Morgan fingerprint density at radius 1 is 1.20 bits per heavy atom. The number of carbonyl (C=O) groups excluding carboxylic acids is 1. The van der Waals surface area contributed by atoms with Crippen LogP contribution in [-0.4, -0.2) is 43.6 Å². The van der Waals surface area contributed by atoms with Crippen LogP contribution in [0.4, 0.5) is 13.2 Å². The summed E-state index contributed by atoms with van der Waals surface area (Å²) in [4.78, 5) is 14.1. The van der Waals surface area contributed by atoms with Gasteiger partial charge < -0.3 is 15.0 Å².